The maximum atomic E-state index is 13.8. The summed E-state index contributed by atoms with van der Waals surface area (Å²) in [5.41, 5.74) is 1.20. The number of carbonyl (C=O) groups excluding carboxylic acids is 1. The number of rotatable bonds is 5. The van der Waals surface area contributed by atoms with E-state index < -0.39 is 5.82 Å². The highest BCUT2D eigenvalue weighted by atomic mass is 35.5. The second-order valence-electron chi connectivity index (χ2n) is 5.30. The van der Waals surface area contributed by atoms with E-state index in [-0.39, 0.29) is 19.0 Å². The predicted octanol–water partition coefficient (Wildman–Crippen LogP) is 2.87. The van der Waals surface area contributed by atoms with Crippen molar-refractivity contribution in [1.29, 1.82) is 0 Å². The molecule has 24 heavy (non-hydrogen) atoms. The lowest BCUT2D eigenvalue weighted by Gasteiger charge is -2.06. The average molecular weight is 348 g/mol. The van der Waals surface area contributed by atoms with E-state index in [1.54, 1.807) is 35.3 Å². The number of carbonyl (C=O) groups is 1. The zero-order chi connectivity index (χ0) is 17.1. The molecule has 0 spiro atoms. The highest BCUT2D eigenvalue weighted by Crippen LogP contribution is 2.20. The van der Waals surface area contributed by atoms with Crippen LogP contribution in [0.25, 0.3) is 0 Å². The van der Waals surface area contributed by atoms with E-state index in [1.807, 2.05) is 13.0 Å². The van der Waals surface area contributed by atoms with Crippen molar-refractivity contribution in [3.63, 3.8) is 0 Å². The zero-order valence-electron chi connectivity index (χ0n) is 12.9. The molecule has 0 radical (unpaired) electrons. The number of nitrogens with zero attached hydrogens (tertiary/aromatic N) is 4. The van der Waals surface area contributed by atoms with E-state index in [1.165, 1.54) is 10.7 Å². The van der Waals surface area contributed by atoms with E-state index in [4.69, 9.17) is 11.6 Å². The Kier molecular flexibility index (Phi) is 4.61. The molecule has 2 heterocycles. The van der Waals surface area contributed by atoms with Crippen molar-refractivity contribution in [3.8, 4) is 0 Å². The van der Waals surface area contributed by atoms with Crippen molar-refractivity contribution >= 4 is 23.3 Å². The third kappa shape index (κ3) is 3.80. The second kappa shape index (κ2) is 6.84. The summed E-state index contributed by atoms with van der Waals surface area (Å²) in [6, 6.07) is 7.98. The fraction of sp³-hybridized carbons (Fsp3) is 0.188. The van der Waals surface area contributed by atoms with Gasteiger partial charge in [0.1, 0.15) is 12.4 Å². The van der Waals surface area contributed by atoms with Gasteiger partial charge in [0, 0.05) is 29.0 Å². The van der Waals surface area contributed by atoms with Crippen LogP contribution in [-0.2, 0) is 17.9 Å². The first-order valence-corrected chi connectivity index (χ1v) is 7.65. The van der Waals surface area contributed by atoms with E-state index in [2.05, 4.69) is 15.5 Å². The van der Waals surface area contributed by atoms with Gasteiger partial charge in [-0.2, -0.15) is 10.2 Å². The average Bonchev–Trinajstić information content (AvgIpc) is 3.12. The van der Waals surface area contributed by atoms with Crippen LogP contribution in [0.1, 0.15) is 11.3 Å². The fourth-order valence-corrected chi connectivity index (χ4v) is 2.47. The van der Waals surface area contributed by atoms with Gasteiger partial charge in [0.05, 0.1) is 12.2 Å². The monoisotopic (exact) mass is 347 g/mol. The number of nitrogens with one attached hydrogen (secondary N) is 1. The Bertz CT molecular complexity index is 853. The summed E-state index contributed by atoms with van der Waals surface area (Å²) in [6.07, 6.45) is 3.38. The number of hydrogen-bond donors (Lipinski definition) is 1. The van der Waals surface area contributed by atoms with Crippen LogP contribution >= 0.6 is 11.6 Å². The highest BCUT2D eigenvalue weighted by molar-refractivity contribution is 6.31. The number of aromatic nitrogens is 4. The van der Waals surface area contributed by atoms with Crippen molar-refractivity contribution in [1.82, 2.24) is 19.6 Å². The number of benzene rings is 1. The van der Waals surface area contributed by atoms with Crippen LogP contribution in [-0.4, -0.2) is 25.5 Å². The Labute approximate surface area is 142 Å². The molecule has 1 amide bonds. The molecule has 0 bridgehead atoms. The van der Waals surface area contributed by atoms with Crippen molar-refractivity contribution in [3.05, 3.63) is 64.8 Å². The fourth-order valence-electron chi connectivity index (χ4n) is 2.24. The SMILES string of the molecule is Cc1ccn(CC(=O)Nc2ccn(Cc3c(F)cccc3Cl)n2)n1. The molecule has 0 aliphatic carbocycles. The topological polar surface area (TPSA) is 64.7 Å². The minimum absolute atomic E-state index is 0.0971. The first-order valence-electron chi connectivity index (χ1n) is 7.27. The Balaban J connectivity index is 1.64. The molecule has 8 heteroatoms. The van der Waals surface area contributed by atoms with Gasteiger partial charge in [0.25, 0.3) is 0 Å². The Morgan fingerprint density at radius 2 is 2.00 bits per heavy atom. The summed E-state index contributed by atoms with van der Waals surface area (Å²) in [6.45, 7) is 2.13. The number of anilines is 1. The molecule has 2 aromatic heterocycles. The summed E-state index contributed by atoms with van der Waals surface area (Å²) in [5, 5.41) is 11.4. The number of halogens is 2. The van der Waals surface area contributed by atoms with E-state index in [0.717, 1.165) is 5.69 Å². The molecule has 6 nitrogen and oxygen atoms in total. The largest absolute Gasteiger partial charge is 0.308 e. The summed E-state index contributed by atoms with van der Waals surface area (Å²) in [7, 11) is 0. The van der Waals surface area contributed by atoms with Crippen molar-refractivity contribution in [2.24, 2.45) is 0 Å². The third-order valence-corrected chi connectivity index (χ3v) is 3.72. The van der Waals surface area contributed by atoms with Crippen LogP contribution in [0, 0.1) is 12.7 Å². The molecule has 1 aromatic carbocycles. The van der Waals surface area contributed by atoms with Crippen molar-refractivity contribution < 1.29 is 9.18 Å². The van der Waals surface area contributed by atoms with Gasteiger partial charge >= 0.3 is 0 Å². The standard InChI is InChI=1S/C16H15ClFN5O/c1-11-5-7-23(20-11)10-16(24)19-15-6-8-22(21-15)9-12-13(17)3-2-4-14(12)18/h2-8H,9-10H2,1H3,(H,19,21,24). The minimum atomic E-state index is -0.391. The van der Waals surface area contributed by atoms with E-state index >= 15 is 0 Å². The molecule has 0 unspecified atom stereocenters. The van der Waals surface area contributed by atoms with Gasteiger partial charge in [-0.15, -0.1) is 0 Å². The molecular formula is C16H15ClFN5O. The molecule has 0 saturated carbocycles. The zero-order valence-corrected chi connectivity index (χ0v) is 13.7. The van der Waals surface area contributed by atoms with Crippen molar-refractivity contribution in [2.75, 3.05) is 5.32 Å². The smallest absolute Gasteiger partial charge is 0.247 e. The Hall–Kier alpha value is -2.67. The van der Waals surface area contributed by atoms with Crippen molar-refractivity contribution in [2.45, 2.75) is 20.0 Å². The predicted molar refractivity (Wildman–Crippen MR) is 88.3 cm³/mol. The molecule has 0 atom stereocenters. The van der Waals surface area contributed by atoms with Gasteiger partial charge in [-0.3, -0.25) is 14.2 Å². The lowest BCUT2D eigenvalue weighted by atomic mass is 10.2. The van der Waals surface area contributed by atoms with Crippen LogP contribution in [0.15, 0.2) is 42.7 Å². The van der Waals surface area contributed by atoms with Crippen LogP contribution in [0.5, 0.6) is 0 Å². The molecule has 124 valence electrons. The summed E-state index contributed by atoms with van der Waals surface area (Å²) < 4.78 is 16.8. The maximum Gasteiger partial charge on any atom is 0.247 e. The summed E-state index contributed by atoms with van der Waals surface area (Å²) in [5.74, 6) is -0.249. The van der Waals surface area contributed by atoms with Gasteiger partial charge in [-0.1, -0.05) is 17.7 Å². The molecule has 0 aliphatic rings. The minimum Gasteiger partial charge on any atom is -0.308 e. The summed E-state index contributed by atoms with van der Waals surface area (Å²) >= 11 is 6.00. The van der Waals surface area contributed by atoms with Gasteiger partial charge in [0.2, 0.25) is 5.91 Å². The highest BCUT2D eigenvalue weighted by Gasteiger charge is 2.10. The number of amides is 1. The third-order valence-electron chi connectivity index (χ3n) is 3.37. The molecule has 0 aliphatic heterocycles. The molecule has 3 rings (SSSR count). The first kappa shape index (κ1) is 16.2. The van der Waals surface area contributed by atoms with Gasteiger partial charge in [-0.25, -0.2) is 4.39 Å². The normalized spacial score (nSPS) is 10.8. The molecular weight excluding hydrogens is 333 g/mol. The number of hydrogen-bond acceptors (Lipinski definition) is 3. The van der Waals surface area contributed by atoms with Gasteiger partial charge in [-0.05, 0) is 25.1 Å². The number of aryl methyl sites for hydroxylation is 1. The Morgan fingerprint density at radius 3 is 2.71 bits per heavy atom. The lowest BCUT2D eigenvalue weighted by molar-refractivity contribution is -0.116. The van der Waals surface area contributed by atoms with E-state index in [0.29, 0.717) is 16.4 Å². The van der Waals surface area contributed by atoms with Gasteiger partial charge in [0.15, 0.2) is 5.82 Å². The molecule has 0 saturated heterocycles. The molecule has 1 N–H and O–H groups in total. The van der Waals surface area contributed by atoms with Crippen LogP contribution in [0.2, 0.25) is 5.02 Å². The van der Waals surface area contributed by atoms with Crippen LogP contribution < -0.4 is 5.32 Å². The quantitative estimate of drug-likeness (QED) is 0.771. The van der Waals surface area contributed by atoms with Crippen LogP contribution in [0.4, 0.5) is 10.2 Å². The maximum absolute atomic E-state index is 13.8. The Morgan fingerprint density at radius 1 is 1.21 bits per heavy atom. The lowest BCUT2D eigenvalue weighted by Crippen LogP contribution is -2.19. The summed E-state index contributed by atoms with van der Waals surface area (Å²) in [4.78, 5) is 12.0. The second-order valence-corrected chi connectivity index (χ2v) is 5.71. The van der Waals surface area contributed by atoms with Crippen LogP contribution in [0.3, 0.4) is 0 Å². The van der Waals surface area contributed by atoms with E-state index in [9.17, 15) is 9.18 Å². The molecule has 0 fully saturated rings. The first-order chi connectivity index (χ1) is 11.5. The van der Waals surface area contributed by atoms with Gasteiger partial charge < -0.3 is 5.32 Å². The molecule has 3 aromatic rings.